The van der Waals surface area contributed by atoms with Gasteiger partial charge in [-0.2, -0.15) is 5.26 Å². The zero-order chi connectivity index (χ0) is 18.0. The van der Waals surface area contributed by atoms with Crippen molar-refractivity contribution in [2.24, 2.45) is 0 Å². The molecule has 5 heteroatoms. The summed E-state index contributed by atoms with van der Waals surface area (Å²) >= 11 is 3.48. The molecular formula is C20H16BrN3O. The van der Waals surface area contributed by atoms with Gasteiger partial charge in [0.2, 0.25) is 0 Å². The minimum atomic E-state index is 0.207. The van der Waals surface area contributed by atoms with Gasteiger partial charge in [-0.1, -0.05) is 39.7 Å². The zero-order valence-electron chi connectivity index (χ0n) is 13.9. The number of aromatic nitrogens is 1. The molecular weight excluding hydrogens is 378 g/mol. The Morgan fingerprint density at radius 2 is 1.92 bits per heavy atom. The molecule has 0 amide bonds. The van der Waals surface area contributed by atoms with Crippen LogP contribution in [0.4, 0.5) is 5.82 Å². The lowest BCUT2D eigenvalue weighted by Crippen LogP contribution is -2.00. The van der Waals surface area contributed by atoms with Gasteiger partial charge in [-0.3, -0.25) is 0 Å². The van der Waals surface area contributed by atoms with Gasteiger partial charge in [0.1, 0.15) is 23.2 Å². The van der Waals surface area contributed by atoms with Gasteiger partial charge in [0.05, 0.1) is 12.8 Å². The highest BCUT2D eigenvalue weighted by molar-refractivity contribution is 9.10. The second-order valence-electron chi connectivity index (χ2n) is 5.64. The number of hydrogen-bond donors (Lipinski definition) is 1. The number of pyridine rings is 1. The first-order valence-corrected chi connectivity index (χ1v) is 8.44. The van der Waals surface area contributed by atoms with Gasteiger partial charge >= 0.3 is 0 Å². The smallest absolute Gasteiger partial charge is 0.142 e. The lowest BCUT2D eigenvalue weighted by atomic mass is 9.97. The number of rotatable bonds is 3. The second kappa shape index (κ2) is 6.96. The number of nitrogens with two attached hydrogens (primary N) is 1. The molecule has 3 aromatic rings. The van der Waals surface area contributed by atoms with E-state index in [4.69, 9.17) is 10.5 Å². The molecule has 0 saturated heterocycles. The number of methoxy groups -OCH3 is 1. The van der Waals surface area contributed by atoms with Crippen molar-refractivity contribution in [2.45, 2.75) is 6.92 Å². The van der Waals surface area contributed by atoms with E-state index in [9.17, 15) is 5.26 Å². The van der Waals surface area contributed by atoms with E-state index in [1.807, 2.05) is 55.5 Å². The lowest BCUT2D eigenvalue weighted by molar-refractivity contribution is 0.416. The minimum absolute atomic E-state index is 0.207. The fourth-order valence-corrected chi connectivity index (χ4v) is 3.10. The van der Waals surface area contributed by atoms with Crippen molar-refractivity contribution >= 4 is 21.7 Å². The fraction of sp³-hybridized carbons (Fsp3) is 0.100. The number of nitrogens with zero attached hydrogens (tertiary/aromatic N) is 2. The van der Waals surface area contributed by atoms with Gasteiger partial charge in [0, 0.05) is 21.2 Å². The first-order valence-electron chi connectivity index (χ1n) is 7.65. The molecule has 0 aliphatic heterocycles. The van der Waals surface area contributed by atoms with Crippen LogP contribution in [-0.2, 0) is 0 Å². The van der Waals surface area contributed by atoms with Crippen LogP contribution in [0.1, 0.15) is 11.1 Å². The van der Waals surface area contributed by atoms with E-state index < -0.39 is 0 Å². The van der Waals surface area contributed by atoms with Gasteiger partial charge < -0.3 is 10.5 Å². The third-order valence-corrected chi connectivity index (χ3v) is 4.42. The summed E-state index contributed by atoms with van der Waals surface area (Å²) in [5, 5.41) is 9.58. The molecule has 4 nitrogen and oxygen atoms in total. The van der Waals surface area contributed by atoms with Crippen LogP contribution in [0.5, 0.6) is 5.75 Å². The summed E-state index contributed by atoms with van der Waals surface area (Å²) in [4.78, 5) is 4.42. The van der Waals surface area contributed by atoms with Gasteiger partial charge in [-0.05, 0) is 37.3 Å². The SMILES string of the molecule is COc1ccc(Br)cc1-c1cc(-c2cccc(C)c2)nc(N)c1C#N. The maximum atomic E-state index is 9.58. The number of halogens is 1. The van der Waals surface area contributed by atoms with Crippen LogP contribution in [0.3, 0.4) is 0 Å². The zero-order valence-corrected chi connectivity index (χ0v) is 15.5. The molecule has 25 heavy (non-hydrogen) atoms. The average Bonchev–Trinajstić information content (AvgIpc) is 2.61. The Balaban J connectivity index is 2.30. The first kappa shape index (κ1) is 17.0. The molecule has 0 spiro atoms. The Kier molecular flexibility index (Phi) is 4.73. The molecule has 1 heterocycles. The van der Waals surface area contributed by atoms with E-state index in [1.165, 1.54) is 0 Å². The van der Waals surface area contributed by atoms with Crippen molar-refractivity contribution < 1.29 is 4.74 Å². The van der Waals surface area contributed by atoms with Crippen molar-refractivity contribution in [3.63, 3.8) is 0 Å². The van der Waals surface area contributed by atoms with Crippen molar-refractivity contribution in [3.8, 4) is 34.2 Å². The van der Waals surface area contributed by atoms with E-state index in [0.29, 0.717) is 16.9 Å². The number of hydrogen-bond acceptors (Lipinski definition) is 4. The Bertz CT molecular complexity index is 993. The molecule has 0 atom stereocenters. The molecule has 2 N–H and O–H groups in total. The number of nitriles is 1. The summed E-state index contributed by atoms with van der Waals surface area (Å²) in [6.45, 7) is 2.02. The van der Waals surface area contributed by atoms with E-state index in [2.05, 4.69) is 27.0 Å². The molecule has 0 saturated carbocycles. The third-order valence-electron chi connectivity index (χ3n) is 3.92. The largest absolute Gasteiger partial charge is 0.496 e. The second-order valence-corrected chi connectivity index (χ2v) is 6.56. The molecule has 0 aliphatic rings. The molecule has 3 rings (SSSR count). The average molecular weight is 394 g/mol. The number of nitrogen functional groups attached to an aromatic ring is 1. The molecule has 2 aromatic carbocycles. The van der Waals surface area contributed by atoms with Crippen molar-refractivity contribution in [1.82, 2.24) is 4.98 Å². The summed E-state index contributed by atoms with van der Waals surface area (Å²) in [6.07, 6.45) is 0. The molecule has 0 fully saturated rings. The number of benzene rings is 2. The van der Waals surface area contributed by atoms with Gasteiger partial charge in [-0.15, -0.1) is 0 Å². The lowest BCUT2D eigenvalue weighted by Gasteiger charge is -2.14. The summed E-state index contributed by atoms with van der Waals surface area (Å²) in [5.41, 5.74) is 10.7. The highest BCUT2D eigenvalue weighted by atomic mass is 79.9. The van der Waals surface area contributed by atoms with Crippen LogP contribution < -0.4 is 10.5 Å². The Morgan fingerprint density at radius 3 is 2.60 bits per heavy atom. The van der Waals surface area contributed by atoms with Gasteiger partial charge in [0.25, 0.3) is 0 Å². The van der Waals surface area contributed by atoms with Crippen LogP contribution in [0.15, 0.2) is 53.0 Å². The summed E-state index contributed by atoms with van der Waals surface area (Å²) in [7, 11) is 1.60. The van der Waals surface area contributed by atoms with Gasteiger partial charge in [0.15, 0.2) is 0 Å². The van der Waals surface area contributed by atoms with E-state index >= 15 is 0 Å². The maximum absolute atomic E-state index is 9.58. The summed E-state index contributed by atoms with van der Waals surface area (Å²) < 4.78 is 6.36. The van der Waals surface area contributed by atoms with Crippen molar-refractivity contribution in [1.29, 1.82) is 5.26 Å². The van der Waals surface area contributed by atoms with Crippen LogP contribution in [-0.4, -0.2) is 12.1 Å². The van der Waals surface area contributed by atoms with Crippen molar-refractivity contribution in [2.75, 3.05) is 12.8 Å². The minimum Gasteiger partial charge on any atom is -0.496 e. The summed E-state index contributed by atoms with van der Waals surface area (Å²) in [5.74, 6) is 0.874. The molecule has 0 aliphatic carbocycles. The third kappa shape index (κ3) is 3.35. The standard InChI is InChI=1S/C20H16BrN3O/c1-12-4-3-5-13(8-12)18-10-15(17(11-22)20(23)24-18)16-9-14(21)6-7-19(16)25-2/h3-10H,1-2H3,(H2,23,24). The quantitative estimate of drug-likeness (QED) is 0.682. The summed E-state index contributed by atoms with van der Waals surface area (Å²) in [6, 6.07) is 17.7. The van der Waals surface area contributed by atoms with Crippen LogP contribution in [0.25, 0.3) is 22.4 Å². The monoisotopic (exact) mass is 393 g/mol. The van der Waals surface area contributed by atoms with E-state index in [-0.39, 0.29) is 5.82 Å². The normalized spacial score (nSPS) is 10.3. The predicted octanol–water partition coefficient (Wildman–Crippen LogP) is 4.95. The highest BCUT2D eigenvalue weighted by Crippen LogP contribution is 2.38. The van der Waals surface area contributed by atoms with Crippen LogP contribution >= 0.6 is 15.9 Å². The van der Waals surface area contributed by atoms with Gasteiger partial charge in [-0.25, -0.2) is 4.98 Å². The van der Waals surface area contributed by atoms with Crippen LogP contribution in [0.2, 0.25) is 0 Å². The topological polar surface area (TPSA) is 71.9 Å². The number of aryl methyl sites for hydroxylation is 1. The van der Waals surface area contributed by atoms with E-state index in [0.717, 1.165) is 26.9 Å². The Morgan fingerprint density at radius 1 is 1.12 bits per heavy atom. The predicted molar refractivity (Wildman–Crippen MR) is 103 cm³/mol. The highest BCUT2D eigenvalue weighted by Gasteiger charge is 2.17. The van der Waals surface area contributed by atoms with Crippen LogP contribution in [0, 0.1) is 18.3 Å². The Hall–Kier alpha value is -2.84. The number of ether oxygens (including phenoxy) is 1. The molecule has 124 valence electrons. The van der Waals surface area contributed by atoms with Crippen molar-refractivity contribution in [3.05, 3.63) is 64.1 Å². The maximum Gasteiger partial charge on any atom is 0.142 e. The molecule has 0 bridgehead atoms. The molecule has 0 radical (unpaired) electrons. The number of anilines is 1. The first-order chi connectivity index (χ1) is 12.0. The fourth-order valence-electron chi connectivity index (χ4n) is 2.74. The molecule has 0 unspecified atom stereocenters. The Labute approximate surface area is 155 Å². The van der Waals surface area contributed by atoms with E-state index in [1.54, 1.807) is 7.11 Å². The molecule has 1 aromatic heterocycles.